The van der Waals surface area contributed by atoms with Gasteiger partial charge in [0.15, 0.2) is 0 Å². The third-order valence-corrected chi connectivity index (χ3v) is 3.32. The summed E-state index contributed by atoms with van der Waals surface area (Å²) in [6.45, 7) is 3.00. The smallest absolute Gasteiger partial charge is 0.122 e. The molecule has 2 unspecified atom stereocenters. The van der Waals surface area contributed by atoms with Crippen LogP contribution >= 0.6 is 0 Å². The van der Waals surface area contributed by atoms with E-state index in [0.717, 1.165) is 31.0 Å². The lowest BCUT2D eigenvalue weighted by atomic mass is 10.2. The highest BCUT2D eigenvalue weighted by molar-refractivity contribution is 5.16. The van der Waals surface area contributed by atoms with Gasteiger partial charge in [-0.1, -0.05) is 0 Å². The Labute approximate surface area is 101 Å². The molecule has 2 N–H and O–H groups in total. The molecule has 2 heterocycles. The zero-order valence-corrected chi connectivity index (χ0v) is 10.4. The summed E-state index contributed by atoms with van der Waals surface area (Å²) < 4.78 is 16.2. The summed E-state index contributed by atoms with van der Waals surface area (Å²) in [5.74, 6) is 0.944. The minimum Gasteiger partial charge on any atom is -0.468 e. The Bertz CT molecular complexity index is 341. The molecule has 1 fully saturated rings. The van der Waals surface area contributed by atoms with Gasteiger partial charge in [-0.2, -0.15) is 0 Å². The van der Waals surface area contributed by atoms with E-state index in [0.29, 0.717) is 6.54 Å². The quantitative estimate of drug-likeness (QED) is 0.816. The number of nitrogens with two attached hydrogens (primary N) is 1. The van der Waals surface area contributed by atoms with Gasteiger partial charge in [0.2, 0.25) is 0 Å². The van der Waals surface area contributed by atoms with Crippen LogP contribution in [0.5, 0.6) is 0 Å². The van der Waals surface area contributed by atoms with Gasteiger partial charge in [-0.05, 0) is 6.07 Å². The van der Waals surface area contributed by atoms with Gasteiger partial charge >= 0.3 is 0 Å². The van der Waals surface area contributed by atoms with E-state index >= 15 is 0 Å². The van der Waals surface area contributed by atoms with Crippen LogP contribution in [0.15, 0.2) is 16.7 Å². The van der Waals surface area contributed by atoms with Crippen molar-refractivity contribution < 1.29 is 13.9 Å². The van der Waals surface area contributed by atoms with Gasteiger partial charge in [-0.3, -0.25) is 4.90 Å². The van der Waals surface area contributed by atoms with Gasteiger partial charge in [0.25, 0.3) is 0 Å². The standard InChI is InChI=1S/C12H20N2O3/c1-15-11-7-14(8-12(11)16-2)6-10-9(5-13)3-4-17-10/h3-4,11-12H,5-8,13H2,1-2H3. The second-order valence-electron chi connectivity index (χ2n) is 4.32. The van der Waals surface area contributed by atoms with E-state index in [9.17, 15) is 0 Å². The lowest BCUT2D eigenvalue weighted by Gasteiger charge is -2.13. The molecular weight excluding hydrogens is 220 g/mol. The molecule has 1 aliphatic rings. The minimum atomic E-state index is 0.135. The van der Waals surface area contributed by atoms with Gasteiger partial charge in [-0.25, -0.2) is 0 Å². The Hall–Kier alpha value is -0.880. The maximum Gasteiger partial charge on any atom is 0.122 e. The summed E-state index contributed by atoms with van der Waals surface area (Å²) in [7, 11) is 3.44. The number of hydrogen-bond donors (Lipinski definition) is 1. The lowest BCUT2D eigenvalue weighted by molar-refractivity contribution is -0.00461. The van der Waals surface area contributed by atoms with Crippen molar-refractivity contribution in [3.8, 4) is 0 Å². The molecule has 2 rings (SSSR count). The van der Waals surface area contributed by atoms with Crippen LogP contribution in [0.1, 0.15) is 11.3 Å². The van der Waals surface area contributed by atoms with Gasteiger partial charge in [0, 0.05) is 39.4 Å². The van der Waals surface area contributed by atoms with Crippen molar-refractivity contribution in [3.63, 3.8) is 0 Å². The molecule has 17 heavy (non-hydrogen) atoms. The average molecular weight is 240 g/mol. The number of methoxy groups -OCH3 is 2. The molecule has 0 spiro atoms. The number of furan rings is 1. The molecule has 5 heteroatoms. The van der Waals surface area contributed by atoms with E-state index in [2.05, 4.69) is 4.90 Å². The van der Waals surface area contributed by atoms with E-state index in [-0.39, 0.29) is 12.2 Å². The van der Waals surface area contributed by atoms with Gasteiger partial charge in [0.1, 0.15) is 5.76 Å². The molecule has 5 nitrogen and oxygen atoms in total. The van der Waals surface area contributed by atoms with Crippen molar-refractivity contribution in [2.45, 2.75) is 25.3 Å². The highest BCUT2D eigenvalue weighted by atomic mass is 16.5. The third-order valence-electron chi connectivity index (χ3n) is 3.32. The lowest BCUT2D eigenvalue weighted by Crippen LogP contribution is -2.27. The molecular formula is C12H20N2O3. The number of nitrogens with zero attached hydrogens (tertiary/aromatic N) is 1. The summed E-state index contributed by atoms with van der Waals surface area (Å²) in [5, 5.41) is 0. The molecule has 1 aromatic rings. The fourth-order valence-corrected chi connectivity index (χ4v) is 2.29. The normalized spacial score (nSPS) is 25.6. The van der Waals surface area contributed by atoms with Gasteiger partial charge < -0.3 is 19.6 Å². The predicted octanol–water partition coefficient (Wildman–Crippen LogP) is 0.584. The largest absolute Gasteiger partial charge is 0.468 e. The fraction of sp³-hybridized carbons (Fsp3) is 0.667. The molecule has 0 amide bonds. The van der Waals surface area contributed by atoms with Crippen LogP contribution in [0, 0.1) is 0 Å². The Balaban J connectivity index is 1.97. The molecule has 2 atom stereocenters. The number of rotatable bonds is 5. The first kappa shape index (κ1) is 12.6. The van der Waals surface area contributed by atoms with Crippen molar-refractivity contribution in [2.75, 3.05) is 27.3 Å². The van der Waals surface area contributed by atoms with Gasteiger partial charge in [0.05, 0.1) is 25.0 Å². The fourth-order valence-electron chi connectivity index (χ4n) is 2.29. The molecule has 1 aliphatic heterocycles. The molecule has 0 bridgehead atoms. The predicted molar refractivity (Wildman–Crippen MR) is 63.5 cm³/mol. The zero-order chi connectivity index (χ0) is 12.3. The Morgan fingerprint density at radius 1 is 1.35 bits per heavy atom. The zero-order valence-electron chi connectivity index (χ0n) is 10.4. The van der Waals surface area contributed by atoms with Crippen LogP contribution in [0.25, 0.3) is 0 Å². The Kier molecular flexibility index (Phi) is 4.17. The number of hydrogen-bond acceptors (Lipinski definition) is 5. The van der Waals surface area contributed by atoms with Crippen LogP contribution in [-0.4, -0.2) is 44.4 Å². The number of ether oxygens (including phenoxy) is 2. The van der Waals surface area contributed by atoms with Crippen LogP contribution in [0.4, 0.5) is 0 Å². The SMILES string of the molecule is COC1CN(Cc2occc2CN)CC1OC. The highest BCUT2D eigenvalue weighted by Crippen LogP contribution is 2.20. The van der Waals surface area contributed by atoms with Crippen molar-refractivity contribution in [1.82, 2.24) is 4.90 Å². The maximum absolute atomic E-state index is 5.65. The summed E-state index contributed by atoms with van der Waals surface area (Å²) in [6, 6.07) is 1.92. The molecule has 96 valence electrons. The van der Waals surface area contributed by atoms with Crippen LogP contribution < -0.4 is 5.73 Å². The van der Waals surface area contributed by atoms with E-state index < -0.39 is 0 Å². The molecule has 1 aromatic heterocycles. The molecule has 0 radical (unpaired) electrons. The highest BCUT2D eigenvalue weighted by Gasteiger charge is 2.33. The van der Waals surface area contributed by atoms with Crippen molar-refractivity contribution in [1.29, 1.82) is 0 Å². The van der Waals surface area contributed by atoms with Crippen molar-refractivity contribution in [2.24, 2.45) is 5.73 Å². The van der Waals surface area contributed by atoms with Gasteiger partial charge in [-0.15, -0.1) is 0 Å². The second kappa shape index (κ2) is 5.64. The van der Waals surface area contributed by atoms with Crippen molar-refractivity contribution >= 4 is 0 Å². The Morgan fingerprint density at radius 3 is 2.53 bits per heavy atom. The summed E-state index contributed by atoms with van der Waals surface area (Å²) in [4.78, 5) is 2.26. The minimum absolute atomic E-state index is 0.135. The number of likely N-dealkylation sites (tertiary alicyclic amines) is 1. The Morgan fingerprint density at radius 2 is 2.00 bits per heavy atom. The first-order valence-electron chi connectivity index (χ1n) is 5.81. The first-order valence-corrected chi connectivity index (χ1v) is 5.81. The van der Waals surface area contributed by atoms with E-state index in [1.807, 2.05) is 6.07 Å². The van der Waals surface area contributed by atoms with Crippen LogP contribution in [-0.2, 0) is 22.6 Å². The second-order valence-corrected chi connectivity index (χ2v) is 4.32. The molecule has 0 aliphatic carbocycles. The molecule has 0 saturated carbocycles. The molecule has 1 saturated heterocycles. The first-order chi connectivity index (χ1) is 8.28. The van der Waals surface area contributed by atoms with Crippen molar-refractivity contribution in [3.05, 3.63) is 23.7 Å². The van der Waals surface area contributed by atoms with E-state index in [1.54, 1.807) is 20.5 Å². The summed E-state index contributed by atoms with van der Waals surface area (Å²) >= 11 is 0. The summed E-state index contributed by atoms with van der Waals surface area (Å²) in [6.07, 6.45) is 1.96. The third kappa shape index (κ3) is 2.69. The average Bonchev–Trinajstić information content (AvgIpc) is 2.95. The maximum atomic E-state index is 5.65. The monoisotopic (exact) mass is 240 g/mol. The van der Waals surface area contributed by atoms with E-state index in [4.69, 9.17) is 19.6 Å². The molecule has 0 aromatic carbocycles. The topological polar surface area (TPSA) is 60.9 Å². The van der Waals surface area contributed by atoms with E-state index in [1.165, 1.54) is 0 Å². The van der Waals surface area contributed by atoms with Crippen LogP contribution in [0.3, 0.4) is 0 Å². The van der Waals surface area contributed by atoms with Crippen LogP contribution in [0.2, 0.25) is 0 Å². The summed E-state index contributed by atoms with van der Waals surface area (Å²) in [5.41, 5.74) is 6.72.